The number of carbonyl (C=O) groups is 1. The molecule has 2 aromatic carbocycles. The third kappa shape index (κ3) is 3.31. The van der Waals surface area contributed by atoms with Crippen LogP contribution >= 0.6 is 0 Å². The van der Waals surface area contributed by atoms with Gasteiger partial charge in [0.1, 0.15) is 0 Å². The van der Waals surface area contributed by atoms with Gasteiger partial charge in [0.2, 0.25) is 0 Å². The minimum absolute atomic E-state index is 0.119. The van der Waals surface area contributed by atoms with Crippen LogP contribution in [0.1, 0.15) is 21.5 Å². The first-order valence-corrected chi connectivity index (χ1v) is 8.01. The quantitative estimate of drug-likeness (QED) is 0.868. The number of rotatable bonds is 2. The Labute approximate surface area is 137 Å². The second kappa shape index (κ2) is 6.32. The topological polar surface area (TPSA) is 49.6 Å². The molecule has 4 nitrogen and oxygen atoms in total. The predicted molar refractivity (Wildman–Crippen MR) is 94.9 cm³/mol. The fraction of sp³-hybridized carbons (Fsp3) is 0.316. The zero-order chi connectivity index (χ0) is 16.4. The molecule has 0 bridgehead atoms. The summed E-state index contributed by atoms with van der Waals surface area (Å²) in [5.74, 6) is 0.119. The van der Waals surface area contributed by atoms with Gasteiger partial charge in [-0.25, -0.2) is 0 Å². The molecule has 1 aliphatic heterocycles. The van der Waals surface area contributed by atoms with E-state index in [1.807, 2.05) is 48.2 Å². The van der Waals surface area contributed by atoms with Crippen LogP contribution in [0.5, 0.6) is 0 Å². The van der Waals surface area contributed by atoms with Crippen LogP contribution in [0.2, 0.25) is 0 Å². The second-order valence-electron chi connectivity index (χ2n) is 6.19. The number of piperazine rings is 1. The molecule has 1 saturated heterocycles. The molecule has 1 heterocycles. The van der Waals surface area contributed by atoms with Gasteiger partial charge < -0.3 is 15.5 Å². The Hall–Kier alpha value is -2.49. The molecule has 1 fully saturated rings. The molecule has 0 radical (unpaired) electrons. The summed E-state index contributed by atoms with van der Waals surface area (Å²) in [5.41, 5.74) is 11.0. The average Bonchev–Trinajstić information content (AvgIpc) is 2.57. The smallest absolute Gasteiger partial charge is 0.253 e. The van der Waals surface area contributed by atoms with Gasteiger partial charge in [-0.3, -0.25) is 4.79 Å². The number of nitrogens with zero attached hydrogens (tertiary/aromatic N) is 2. The van der Waals surface area contributed by atoms with E-state index in [4.69, 9.17) is 5.73 Å². The number of amides is 1. The van der Waals surface area contributed by atoms with E-state index in [2.05, 4.69) is 17.9 Å². The third-order valence-electron chi connectivity index (χ3n) is 4.44. The van der Waals surface area contributed by atoms with E-state index in [1.165, 1.54) is 16.8 Å². The number of hydrogen-bond donors (Lipinski definition) is 1. The Kier molecular flexibility index (Phi) is 4.24. The van der Waals surface area contributed by atoms with Crippen molar-refractivity contribution >= 4 is 17.3 Å². The molecule has 0 aliphatic carbocycles. The lowest BCUT2D eigenvalue weighted by molar-refractivity contribution is 0.0747. The zero-order valence-corrected chi connectivity index (χ0v) is 13.7. The van der Waals surface area contributed by atoms with E-state index in [0.29, 0.717) is 0 Å². The molecule has 1 amide bonds. The summed E-state index contributed by atoms with van der Waals surface area (Å²) in [5, 5.41) is 0. The number of hydrogen-bond acceptors (Lipinski definition) is 3. The Balaban J connectivity index is 1.67. The average molecular weight is 309 g/mol. The molecule has 2 aromatic rings. The number of nitrogens with two attached hydrogens (primary N) is 1. The molecule has 0 spiro atoms. The first-order valence-electron chi connectivity index (χ1n) is 8.01. The summed E-state index contributed by atoms with van der Waals surface area (Å²) in [4.78, 5) is 16.8. The zero-order valence-electron chi connectivity index (χ0n) is 13.7. The summed E-state index contributed by atoms with van der Waals surface area (Å²) < 4.78 is 0. The number of aryl methyl sites for hydroxylation is 2. The van der Waals surface area contributed by atoms with E-state index in [0.717, 1.165) is 37.4 Å². The lowest BCUT2D eigenvalue weighted by atomic mass is 10.1. The first kappa shape index (κ1) is 15.4. The lowest BCUT2D eigenvalue weighted by Crippen LogP contribution is -2.49. The Morgan fingerprint density at radius 2 is 1.61 bits per heavy atom. The molecule has 23 heavy (non-hydrogen) atoms. The van der Waals surface area contributed by atoms with Crippen LogP contribution in [0.15, 0.2) is 42.5 Å². The van der Waals surface area contributed by atoms with Crippen molar-refractivity contribution in [1.29, 1.82) is 0 Å². The van der Waals surface area contributed by atoms with Crippen LogP contribution < -0.4 is 10.6 Å². The van der Waals surface area contributed by atoms with Crippen LogP contribution in [-0.2, 0) is 0 Å². The SMILES string of the molecule is Cc1ccc(C(=O)N2CCN(c3cc(N)ccc3C)CC2)cc1. The molecular formula is C19H23N3O. The van der Waals surface area contributed by atoms with E-state index in [9.17, 15) is 4.79 Å². The van der Waals surface area contributed by atoms with Crippen molar-refractivity contribution in [3.63, 3.8) is 0 Å². The van der Waals surface area contributed by atoms with Gasteiger partial charge in [-0.2, -0.15) is 0 Å². The van der Waals surface area contributed by atoms with E-state index in [1.54, 1.807) is 0 Å². The third-order valence-corrected chi connectivity index (χ3v) is 4.44. The lowest BCUT2D eigenvalue weighted by Gasteiger charge is -2.37. The maximum atomic E-state index is 12.6. The van der Waals surface area contributed by atoms with Gasteiger partial charge in [0, 0.05) is 43.1 Å². The molecule has 0 unspecified atom stereocenters. The van der Waals surface area contributed by atoms with E-state index in [-0.39, 0.29) is 5.91 Å². The largest absolute Gasteiger partial charge is 0.399 e. The van der Waals surface area contributed by atoms with Gasteiger partial charge in [-0.05, 0) is 43.7 Å². The van der Waals surface area contributed by atoms with Crippen molar-refractivity contribution in [2.75, 3.05) is 36.8 Å². The van der Waals surface area contributed by atoms with Gasteiger partial charge in [-0.1, -0.05) is 23.8 Å². The van der Waals surface area contributed by atoms with Crippen LogP contribution in [0, 0.1) is 13.8 Å². The summed E-state index contributed by atoms with van der Waals surface area (Å²) in [6.07, 6.45) is 0. The number of nitrogen functional groups attached to an aromatic ring is 1. The first-order chi connectivity index (χ1) is 11.0. The fourth-order valence-electron chi connectivity index (χ4n) is 3.00. The van der Waals surface area contributed by atoms with Crippen molar-refractivity contribution in [1.82, 2.24) is 4.90 Å². The Morgan fingerprint density at radius 1 is 0.957 bits per heavy atom. The van der Waals surface area contributed by atoms with Crippen LogP contribution in [-0.4, -0.2) is 37.0 Å². The van der Waals surface area contributed by atoms with E-state index >= 15 is 0 Å². The molecule has 0 aromatic heterocycles. The molecular weight excluding hydrogens is 286 g/mol. The van der Waals surface area contributed by atoms with Crippen molar-refractivity contribution in [3.05, 3.63) is 59.2 Å². The number of anilines is 2. The van der Waals surface area contributed by atoms with Gasteiger partial charge in [-0.15, -0.1) is 0 Å². The Morgan fingerprint density at radius 3 is 2.26 bits per heavy atom. The van der Waals surface area contributed by atoms with Gasteiger partial charge in [0.15, 0.2) is 0 Å². The minimum Gasteiger partial charge on any atom is -0.399 e. The van der Waals surface area contributed by atoms with Crippen LogP contribution in [0.4, 0.5) is 11.4 Å². The summed E-state index contributed by atoms with van der Waals surface area (Å²) in [7, 11) is 0. The standard InChI is InChI=1S/C19H23N3O/c1-14-3-6-16(7-4-14)19(23)22-11-9-21(10-12-22)18-13-17(20)8-5-15(18)2/h3-8,13H,9-12,20H2,1-2H3. The molecule has 2 N–H and O–H groups in total. The molecule has 4 heteroatoms. The highest BCUT2D eigenvalue weighted by atomic mass is 16.2. The van der Waals surface area contributed by atoms with Crippen LogP contribution in [0.25, 0.3) is 0 Å². The molecule has 120 valence electrons. The fourth-order valence-corrected chi connectivity index (χ4v) is 3.00. The van der Waals surface area contributed by atoms with Crippen molar-refractivity contribution in [3.8, 4) is 0 Å². The molecule has 0 saturated carbocycles. The molecule has 3 rings (SSSR count). The second-order valence-corrected chi connectivity index (χ2v) is 6.19. The number of carbonyl (C=O) groups excluding carboxylic acids is 1. The highest BCUT2D eigenvalue weighted by molar-refractivity contribution is 5.94. The number of benzene rings is 2. The maximum absolute atomic E-state index is 12.6. The monoisotopic (exact) mass is 309 g/mol. The predicted octanol–water partition coefficient (Wildman–Crippen LogP) is 2.85. The van der Waals surface area contributed by atoms with Crippen LogP contribution in [0.3, 0.4) is 0 Å². The van der Waals surface area contributed by atoms with Gasteiger partial charge >= 0.3 is 0 Å². The van der Waals surface area contributed by atoms with E-state index < -0.39 is 0 Å². The maximum Gasteiger partial charge on any atom is 0.253 e. The highest BCUT2D eigenvalue weighted by Gasteiger charge is 2.23. The van der Waals surface area contributed by atoms with Crippen molar-refractivity contribution in [2.45, 2.75) is 13.8 Å². The highest BCUT2D eigenvalue weighted by Crippen LogP contribution is 2.24. The van der Waals surface area contributed by atoms with Crippen molar-refractivity contribution < 1.29 is 4.79 Å². The minimum atomic E-state index is 0.119. The Bertz CT molecular complexity index is 701. The summed E-state index contributed by atoms with van der Waals surface area (Å²) in [6.45, 7) is 7.27. The summed E-state index contributed by atoms with van der Waals surface area (Å²) in [6, 6.07) is 13.8. The van der Waals surface area contributed by atoms with Gasteiger partial charge in [0.25, 0.3) is 5.91 Å². The summed E-state index contributed by atoms with van der Waals surface area (Å²) >= 11 is 0. The molecule has 1 aliphatic rings. The van der Waals surface area contributed by atoms with Crippen molar-refractivity contribution in [2.24, 2.45) is 0 Å². The van der Waals surface area contributed by atoms with Gasteiger partial charge in [0.05, 0.1) is 0 Å². The normalized spacial score (nSPS) is 14.9. The molecule has 0 atom stereocenters.